The molecule has 0 amide bonds. The van der Waals surface area contributed by atoms with E-state index < -0.39 is 6.10 Å². The van der Waals surface area contributed by atoms with E-state index in [2.05, 4.69) is 10.4 Å². The third kappa shape index (κ3) is 3.40. The molecule has 1 aromatic carbocycles. The summed E-state index contributed by atoms with van der Waals surface area (Å²) >= 11 is 0. The molecule has 0 aliphatic carbocycles. The Morgan fingerprint density at radius 2 is 2.06 bits per heavy atom. The highest BCUT2D eigenvalue weighted by Gasteiger charge is 2.01. The number of nitrogens with one attached hydrogen (secondary N) is 1. The first-order valence-electron chi connectivity index (χ1n) is 5.88. The third-order valence-electron chi connectivity index (χ3n) is 2.63. The summed E-state index contributed by atoms with van der Waals surface area (Å²) in [5.41, 5.74) is 2.13. The van der Waals surface area contributed by atoms with Crippen LogP contribution in [0.1, 0.15) is 5.56 Å². The van der Waals surface area contributed by atoms with Crippen molar-refractivity contribution in [2.45, 2.75) is 12.6 Å². The van der Waals surface area contributed by atoms with Gasteiger partial charge in [0.1, 0.15) is 0 Å². The lowest BCUT2D eigenvalue weighted by Crippen LogP contribution is -2.28. The number of rotatable bonds is 6. The third-order valence-corrected chi connectivity index (χ3v) is 2.63. The molecule has 1 atom stereocenters. The maximum Gasteiger partial charge on any atom is 0.0895 e. The number of aliphatic hydroxyl groups excluding tert-OH is 2. The molecule has 96 valence electrons. The quantitative estimate of drug-likeness (QED) is 0.687. The van der Waals surface area contributed by atoms with E-state index in [-0.39, 0.29) is 6.61 Å². The van der Waals surface area contributed by atoms with Crippen LogP contribution >= 0.6 is 0 Å². The Balaban J connectivity index is 1.88. The molecular weight excluding hydrogens is 230 g/mol. The van der Waals surface area contributed by atoms with Crippen molar-refractivity contribution in [2.24, 2.45) is 0 Å². The highest BCUT2D eigenvalue weighted by atomic mass is 16.3. The normalized spacial score (nSPS) is 12.6. The van der Waals surface area contributed by atoms with Gasteiger partial charge >= 0.3 is 0 Å². The largest absolute Gasteiger partial charge is 0.394 e. The predicted octanol–water partition coefficient (Wildman–Crippen LogP) is 0.315. The lowest BCUT2D eigenvalue weighted by Gasteiger charge is -2.09. The number of nitrogens with zero attached hydrogens (tertiary/aromatic N) is 2. The zero-order valence-corrected chi connectivity index (χ0v) is 10.0. The van der Waals surface area contributed by atoms with Crippen LogP contribution in [-0.2, 0) is 6.54 Å². The SMILES string of the molecule is OCC(O)CNCc1ccc(-n2cccn2)cc1. The van der Waals surface area contributed by atoms with Crippen LogP contribution in [0.4, 0.5) is 0 Å². The molecule has 0 saturated heterocycles. The van der Waals surface area contributed by atoms with Gasteiger partial charge in [-0.25, -0.2) is 4.68 Å². The molecule has 1 heterocycles. The van der Waals surface area contributed by atoms with Gasteiger partial charge in [-0.1, -0.05) is 12.1 Å². The van der Waals surface area contributed by atoms with Gasteiger partial charge in [0.05, 0.1) is 18.4 Å². The Morgan fingerprint density at radius 1 is 1.28 bits per heavy atom. The zero-order chi connectivity index (χ0) is 12.8. The van der Waals surface area contributed by atoms with Gasteiger partial charge in [0.25, 0.3) is 0 Å². The average molecular weight is 247 g/mol. The van der Waals surface area contributed by atoms with E-state index in [9.17, 15) is 5.11 Å². The molecule has 2 aromatic rings. The van der Waals surface area contributed by atoms with Crippen LogP contribution in [0.5, 0.6) is 0 Å². The fourth-order valence-corrected chi connectivity index (χ4v) is 1.64. The first-order chi connectivity index (χ1) is 8.79. The molecule has 0 aliphatic heterocycles. The van der Waals surface area contributed by atoms with Crippen LogP contribution in [0, 0.1) is 0 Å². The maximum absolute atomic E-state index is 9.18. The Labute approximate surface area is 106 Å². The van der Waals surface area contributed by atoms with Crippen molar-refractivity contribution in [2.75, 3.05) is 13.2 Å². The molecule has 2 rings (SSSR count). The average Bonchev–Trinajstić information content (AvgIpc) is 2.93. The van der Waals surface area contributed by atoms with Gasteiger partial charge in [0, 0.05) is 25.5 Å². The summed E-state index contributed by atoms with van der Waals surface area (Å²) in [6, 6.07) is 9.88. The van der Waals surface area contributed by atoms with Crippen molar-refractivity contribution in [3.63, 3.8) is 0 Å². The zero-order valence-electron chi connectivity index (χ0n) is 10.0. The number of hydrogen-bond acceptors (Lipinski definition) is 4. The molecule has 0 radical (unpaired) electrons. The summed E-state index contributed by atoms with van der Waals surface area (Å²) < 4.78 is 1.80. The molecule has 0 fully saturated rings. The smallest absolute Gasteiger partial charge is 0.0895 e. The second-order valence-electron chi connectivity index (χ2n) is 4.08. The number of hydrogen-bond donors (Lipinski definition) is 3. The standard InChI is InChI=1S/C13H17N3O2/c17-10-13(18)9-14-8-11-2-4-12(5-3-11)16-7-1-6-15-16/h1-7,13-14,17-18H,8-10H2. The molecule has 3 N–H and O–H groups in total. The minimum atomic E-state index is -0.701. The molecule has 5 heteroatoms. The summed E-state index contributed by atoms with van der Waals surface area (Å²) in [6.07, 6.45) is 2.93. The fourth-order valence-electron chi connectivity index (χ4n) is 1.64. The lowest BCUT2D eigenvalue weighted by molar-refractivity contribution is 0.0942. The van der Waals surface area contributed by atoms with Crippen molar-refractivity contribution in [1.29, 1.82) is 0 Å². The Morgan fingerprint density at radius 3 is 2.67 bits per heavy atom. The molecule has 0 aliphatic rings. The van der Waals surface area contributed by atoms with Gasteiger partial charge in [-0.3, -0.25) is 0 Å². The minimum Gasteiger partial charge on any atom is -0.394 e. The molecule has 1 aromatic heterocycles. The molecule has 0 spiro atoms. The van der Waals surface area contributed by atoms with Gasteiger partial charge in [-0.15, -0.1) is 0 Å². The monoisotopic (exact) mass is 247 g/mol. The van der Waals surface area contributed by atoms with Crippen LogP contribution in [0.2, 0.25) is 0 Å². The van der Waals surface area contributed by atoms with E-state index in [4.69, 9.17) is 5.11 Å². The molecule has 0 bridgehead atoms. The van der Waals surface area contributed by atoms with Crippen molar-refractivity contribution in [1.82, 2.24) is 15.1 Å². The fraction of sp³-hybridized carbons (Fsp3) is 0.308. The first kappa shape index (κ1) is 12.8. The van der Waals surface area contributed by atoms with Crippen LogP contribution in [0.3, 0.4) is 0 Å². The molecule has 1 unspecified atom stereocenters. The van der Waals surface area contributed by atoms with E-state index in [1.54, 1.807) is 10.9 Å². The van der Waals surface area contributed by atoms with E-state index in [1.807, 2.05) is 36.5 Å². The second-order valence-corrected chi connectivity index (χ2v) is 4.08. The van der Waals surface area contributed by atoms with Crippen molar-refractivity contribution >= 4 is 0 Å². The Hall–Kier alpha value is -1.69. The Bertz CT molecular complexity index is 454. The van der Waals surface area contributed by atoms with Crippen LogP contribution in [0.25, 0.3) is 5.69 Å². The molecule has 18 heavy (non-hydrogen) atoms. The lowest BCUT2D eigenvalue weighted by atomic mass is 10.2. The summed E-state index contributed by atoms with van der Waals surface area (Å²) in [4.78, 5) is 0. The van der Waals surface area contributed by atoms with Crippen LogP contribution in [0.15, 0.2) is 42.7 Å². The van der Waals surface area contributed by atoms with Gasteiger partial charge in [-0.2, -0.15) is 5.10 Å². The maximum atomic E-state index is 9.18. The van der Waals surface area contributed by atoms with Crippen LogP contribution in [-0.4, -0.2) is 39.2 Å². The summed E-state index contributed by atoms with van der Waals surface area (Å²) in [6.45, 7) is 0.832. The summed E-state index contributed by atoms with van der Waals surface area (Å²) in [5, 5.41) is 25.1. The van der Waals surface area contributed by atoms with E-state index >= 15 is 0 Å². The number of benzene rings is 1. The summed E-state index contributed by atoms with van der Waals surface area (Å²) in [7, 11) is 0. The van der Waals surface area contributed by atoms with E-state index in [0.29, 0.717) is 13.1 Å². The topological polar surface area (TPSA) is 70.3 Å². The Kier molecular flexibility index (Phi) is 4.46. The highest BCUT2D eigenvalue weighted by molar-refractivity contribution is 5.33. The second kappa shape index (κ2) is 6.30. The van der Waals surface area contributed by atoms with Gasteiger partial charge in [0.2, 0.25) is 0 Å². The summed E-state index contributed by atoms with van der Waals surface area (Å²) in [5.74, 6) is 0. The van der Waals surface area contributed by atoms with Crippen molar-refractivity contribution in [3.05, 3.63) is 48.3 Å². The minimum absolute atomic E-state index is 0.217. The van der Waals surface area contributed by atoms with Crippen molar-refractivity contribution < 1.29 is 10.2 Å². The van der Waals surface area contributed by atoms with E-state index in [1.165, 1.54) is 0 Å². The van der Waals surface area contributed by atoms with Gasteiger partial charge in [-0.05, 0) is 23.8 Å². The highest BCUT2D eigenvalue weighted by Crippen LogP contribution is 2.08. The van der Waals surface area contributed by atoms with Crippen LogP contribution < -0.4 is 5.32 Å². The predicted molar refractivity (Wildman–Crippen MR) is 68.4 cm³/mol. The van der Waals surface area contributed by atoms with E-state index in [0.717, 1.165) is 11.3 Å². The molecular formula is C13H17N3O2. The number of aromatic nitrogens is 2. The molecule has 0 saturated carbocycles. The molecule has 5 nitrogen and oxygen atoms in total. The van der Waals surface area contributed by atoms with Crippen molar-refractivity contribution in [3.8, 4) is 5.69 Å². The van der Waals surface area contributed by atoms with Gasteiger partial charge < -0.3 is 15.5 Å². The first-order valence-corrected chi connectivity index (χ1v) is 5.88. The van der Waals surface area contributed by atoms with Gasteiger partial charge in [0.15, 0.2) is 0 Å². The number of aliphatic hydroxyl groups is 2.